The van der Waals surface area contributed by atoms with Crippen molar-refractivity contribution < 1.29 is 33.8 Å². The van der Waals surface area contributed by atoms with E-state index in [9.17, 15) is 24.3 Å². The highest BCUT2D eigenvalue weighted by Crippen LogP contribution is 2.53. The molecule has 1 spiro atoms. The number of benzene rings is 2. The van der Waals surface area contributed by atoms with Crippen LogP contribution in [0, 0.1) is 11.8 Å². The fraction of sp³-hybridized carbons (Fsp3) is 0.444. The molecule has 2 aromatic carbocycles. The number of aliphatic hydroxyl groups excluding tert-OH is 1. The summed E-state index contributed by atoms with van der Waals surface area (Å²) in [5.41, 5.74) is -0.243. The lowest BCUT2D eigenvalue weighted by molar-refractivity contribution is -0.161. The van der Waals surface area contributed by atoms with Gasteiger partial charge in [0.25, 0.3) is 5.91 Å². The number of nitrogens with one attached hydrogen (secondary N) is 1. The minimum Gasteiger partial charge on any atom is -0.455 e. The Kier molecular flexibility index (Phi) is 9.82. The molecule has 4 heterocycles. The van der Waals surface area contributed by atoms with E-state index in [1.54, 1.807) is 65.3 Å². The molecule has 10 nitrogen and oxygen atoms in total. The van der Waals surface area contributed by atoms with Gasteiger partial charge in [0.1, 0.15) is 23.7 Å². The summed E-state index contributed by atoms with van der Waals surface area (Å²) < 4.78 is 13.0. The van der Waals surface area contributed by atoms with Crippen molar-refractivity contribution in [1.82, 2.24) is 10.2 Å². The molecule has 47 heavy (non-hydrogen) atoms. The van der Waals surface area contributed by atoms with Crippen LogP contribution in [0.1, 0.15) is 50.7 Å². The predicted molar refractivity (Wildman–Crippen MR) is 175 cm³/mol. The fourth-order valence-corrected chi connectivity index (χ4v) is 7.64. The van der Waals surface area contributed by atoms with Crippen LogP contribution in [0.3, 0.4) is 0 Å². The van der Waals surface area contributed by atoms with E-state index in [0.717, 1.165) is 0 Å². The number of cyclic esters (lactones) is 1. The minimum atomic E-state index is -1.46. The van der Waals surface area contributed by atoms with E-state index in [1.807, 2.05) is 30.3 Å². The van der Waals surface area contributed by atoms with Gasteiger partial charge in [-0.3, -0.25) is 19.2 Å². The van der Waals surface area contributed by atoms with Crippen LogP contribution in [0.2, 0.25) is 5.02 Å². The van der Waals surface area contributed by atoms with Crippen LogP contribution in [0.4, 0.5) is 5.69 Å². The highest BCUT2D eigenvalue weighted by Gasteiger charge is 2.71. The number of fused-ring (bicyclic) bond motifs is 2. The number of carbonyl (C=O) groups excluding carboxylic acids is 4. The van der Waals surface area contributed by atoms with Gasteiger partial charge >= 0.3 is 5.97 Å². The van der Waals surface area contributed by atoms with Crippen molar-refractivity contribution in [2.75, 3.05) is 24.6 Å². The van der Waals surface area contributed by atoms with Gasteiger partial charge in [0.2, 0.25) is 11.8 Å². The molecule has 0 bridgehead atoms. The zero-order valence-corrected chi connectivity index (χ0v) is 27.1. The minimum absolute atomic E-state index is 0.0262. The first-order chi connectivity index (χ1) is 22.8. The van der Waals surface area contributed by atoms with E-state index in [1.165, 1.54) is 0 Å². The molecule has 0 unspecified atom stereocenters. The van der Waals surface area contributed by atoms with Crippen LogP contribution in [-0.2, 0) is 28.7 Å². The van der Waals surface area contributed by atoms with Gasteiger partial charge in [0.15, 0.2) is 0 Å². The van der Waals surface area contributed by atoms with Gasteiger partial charge in [0, 0.05) is 26.1 Å². The number of para-hydroxylation sites is 1. The van der Waals surface area contributed by atoms with Crippen molar-refractivity contribution in [2.24, 2.45) is 11.8 Å². The first kappa shape index (κ1) is 32.9. The van der Waals surface area contributed by atoms with Gasteiger partial charge in [-0.15, -0.1) is 0 Å². The topological polar surface area (TPSA) is 125 Å². The highest BCUT2D eigenvalue weighted by molar-refractivity contribution is 6.34. The number of ether oxygens (including phenoxy) is 2. The summed E-state index contributed by atoms with van der Waals surface area (Å²) in [6.45, 7) is 2.26. The van der Waals surface area contributed by atoms with Crippen molar-refractivity contribution in [3.8, 4) is 0 Å². The number of rotatable bonds is 7. The third kappa shape index (κ3) is 6.22. The molecule has 4 aliphatic heterocycles. The number of carbonyl (C=O) groups is 4. The lowest BCUT2D eigenvalue weighted by Crippen LogP contribution is -2.55. The zero-order valence-electron chi connectivity index (χ0n) is 26.3. The summed E-state index contributed by atoms with van der Waals surface area (Å²) in [7, 11) is 0. The summed E-state index contributed by atoms with van der Waals surface area (Å²) in [5.74, 6) is -3.63. The molecule has 0 saturated carbocycles. The molecular weight excluding hydrogens is 622 g/mol. The van der Waals surface area contributed by atoms with Crippen molar-refractivity contribution in [2.45, 2.75) is 68.9 Å². The normalized spacial score (nSPS) is 31.6. The largest absolute Gasteiger partial charge is 0.455 e. The molecule has 4 aliphatic rings. The molecular formula is C36H40ClN3O7. The summed E-state index contributed by atoms with van der Waals surface area (Å²) >= 11 is 6.56. The van der Waals surface area contributed by atoms with Crippen molar-refractivity contribution in [3.05, 3.63) is 89.5 Å². The quantitative estimate of drug-likeness (QED) is 0.260. The van der Waals surface area contributed by atoms with Crippen LogP contribution >= 0.6 is 11.6 Å². The number of likely N-dealkylation sites (tertiary alicyclic amines) is 1. The lowest BCUT2D eigenvalue weighted by atomic mass is 9.77. The molecule has 2 saturated heterocycles. The molecule has 6 rings (SSSR count). The number of nitrogens with zero attached hydrogens (tertiary/aromatic N) is 2. The van der Waals surface area contributed by atoms with Crippen molar-refractivity contribution >= 4 is 41.0 Å². The van der Waals surface area contributed by atoms with Crippen LogP contribution in [0.15, 0.2) is 78.9 Å². The predicted octanol–water partition coefficient (Wildman–Crippen LogP) is 4.13. The number of halogens is 1. The number of aliphatic hydroxyl groups is 1. The number of hydrogen-bond donors (Lipinski definition) is 2. The molecule has 2 fully saturated rings. The second-order valence-electron chi connectivity index (χ2n) is 12.6. The number of amides is 3. The Morgan fingerprint density at radius 3 is 2.51 bits per heavy atom. The Labute approximate surface area is 279 Å². The van der Waals surface area contributed by atoms with Gasteiger partial charge in [-0.05, 0) is 50.3 Å². The highest BCUT2D eigenvalue weighted by atomic mass is 35.5. The second kappa shape index (κ2) is 14.0. The van der Waals surface area contributed by atoms with E-state index in [2.05, 4.69) is 5.32 Å². The molecule has 11 heteroatoms. The number of allylic oxidation sites excluding steroid dienone is 1. The van der Waals surface area contributed by atoms with Gasteiger partial charge in [-0.2, -0.15) is 0 Å². The lowest BCUT2D eigenvalue weighted by Gasteiger charge is -2.35. The van der Waals surface area contributed by atoms with Crippen LogP contribution in [0.25, 0.3) is 0 Å². The number of unbranched alkanes of at least 4 members (excludes halogenated alkanes) is 2. The number of anilines is 1. The molecule has 2 N–H and O–H groups in total. The summed E-state index contributed by atoms with van der Waals surface area (Å²) in [4.78, 5) is 59.5. The third-order valence-corrected chi connectivity index (χ3v) is 9.86. The Hall–Kier alpha value is -3.99. The van der Waals surface area contributed by atoms with Gasteiger partial charge in [-0.25, -0.2) is 0 Å². The van der Waals surface area contributed by atoms with Gasteiger partial charge in [0.05, 0.1) is 28.8 Å². The van der Waals surface area contributed by atoms with E-state index < -0.39 is 47.7 Å². The van der Waals surface area contributed by atoms with E-state index >= 15 is 0 Å². The Balaban J connectivity index is 1.43. The Morgan fingerprint density at radius 1 is 0.979 bits per heavy atom. The number of hydrogen-bond acceptors (Lipinski definition) is 7. The average Bonchev–Trinajstić information content (AvgIpc) is 3.44. The summed E-state index contributed by atoms with van der Waals surface area (Å²) in [6.07, 6.45) is 7.78. The Bertz CT molecular complexity index is 1560. The summed E-state index contributed by atoms with van der Waals surface area (Å²) in [6, 6.07) is 14.6. The standard InChI is InChI=1S/C36H40ClN3O7/c1-23-31(24-13-4-2-5-14-24)46-35(45)29-27(17-8-9-18-28(42)38-23)47-36-19-12-21-39(26-16-7-6-15-25(26)37)34(44)32(36)40(33(43)30(29)36)20-10-3-11-22-41/h2,4-8,12-17,19,23,27,29-32,41H,3,9-11,18,20-22H2,1H3,(H,38,42)/b17-8-/t23-,27-,29+,30+,31+,32-,36+/m0/s1. The first-order valence-corrected chi connectivity index (χ1v) is 16.7. The second-order valence-corrected chi connectivity index (χ2v) is 13.0. The maximum absolute atomic E-state index is 14.6. The summed E-state index contributed by atoms with van der Waals surface area (Å²) in [5, 5.41) is 12.7. The van der Waals surface area contributed by atoms with E-state index in [0.29, 0.717) is 42.0 Å². The molecule has 7 atom stereocenters. The van der Waals surface area contributed by atoms with Crippen LogP contribution < -0.4 is 10.2 Å². The molecule has 3 amide bonds. The van der Waals surface area contributed by atoms with Gasteiger partial charge in [-0.1, -0.05) is 78.4 Å². The molecule has 0 radical (unpaired) electrons. The maximum atomic E-state index is 14.6. The van der Waals surface area contributed by atoms with E-state index in [4.69, 9.17) is 21.1 Å². The van der Waals surface area contributed by atoms with Crippen molar-refractivity contribution in [1.29, 1.82) is 0 Å². The maximum Gasteiger partial charge on any atom is 0.313 e. The van der Waals surface area contributed by atoms with Crippen LogP contribution in [-0.4, -0.2) is 77.2 Å². The fourth-order valence-electron chi connectivity index (χ4n) is 7.40. The first-order valence-electron chi connectivity index (χ1n) is 16.3. The van der Waals surface area contributed by atoms with E-state index in [-0.39, 0.29) is 43.8 Å². The van der Waals surface area contributed by atoms with Crippen LogP contribution in [0.5, 0.6) is 0 Å². The smallest absolute Gasteiger partial charge is 0.313 e. The SMILES string of the molecule is C[C@@H]1NC(=O)CC/C=C\[C@@H]2O[C@@]34C=CCN(c5ccccc5Cl)C(=O)[C@@H]3N(CCCCCO)C(=O)[C@H]4[C@@H]2C(=O)O[C@H]1c1ccccc1. The van der Waals surface area contributed by atoms with Gasteiger partial charge < -0.3 is 29.7 Å². The molecule has 2 aromatic rings. The third-order valence-electron chi connectivity index (χ3n) is 9.54. The number of esters is 1. The molecule has 0 aromatic heterocycles. The molecule has 248 valence electrons. The Morgan fingerprint density at radius 2 is 1.74 bits per heavy atom. The van der Waals surface area contributed by atoms with Crippen molar-refractivity contribution in [3.63, 3.8) is 0 Å². The monoisotopic (exact) mass is 661 g/mol. The zero-order chi connectivity index (χ0) is 33.1. The average molecular weight is 662 g/mol. The molecule has 0 aliphatic carbocycles.